The van der Waals surface area contributed by atoms with Gasteiger partial charge in [0.2, 0.25) is 11.8 Å². The van der Waals surface area contributed by atoms with Gasteiger partial charge in [-0.1, -0.05) is 12.1 Å². The summed E-state index contributed by atoms with van der Waals surface area (Å²) < 4.78 is 0. The fourth-order valence-electron chi connectivity index (χ4n) is 1.79. The molecule has 1 aromatic rings. The van der Waals surface area contributed by atoms with Crippen molar-refractivity contribution < 1.29 is 9.59 Å². The third-order valence-electron chi connectivity index (χ3n) is 2.94. The molecule has 0 spiro atoms. The topological polar surface area (TPSA) is 84.2 Å². The molecule has 4 N–H and O–H groups in total. The van der Waals surface area contributed by atoms with Crippen LogP contribution in [0.2, 0.25) is 0 Å². The van der Waals surface area contributed by atoms with E-state index in [0.717, 1.165) is 24.1 Å². The first-order chi connectivity index (χ1) is 9.51. The normalized spacial score (nSPS) is 11.8. The molecule has 0 radical (unpaired) electrons. The van der Waals surface area contributed by atoms with Crippen molar-refractivity contribution in [2.45, 2.75) is 38.6 Å². The largest absolute Gasteiger partial charge is 0.359 e. The third kappa shape index (κ3) is 6.33. The summed E-state index contributed by atoms with van der Waals surface area (Å²) in [6.07, 6.45) is 2.46. The first-order valence-electron chi connectivity index (χ1n) is 6.86. The summed E-state index contributed by atoms with van der Waals surface area (Å²) >= 11 is 0. The van der Waals surface area contributed by atoms with Crippen molar-refractivity contribution in [1.29, 1.82) is 0 Å². The van der Waals surface area contributed by atoms with Gasteiger partial charge in [0.1, 0.15) is 0 Å². The molecule has 5 heteroatoms. The van der Waals surface area contributed by atoms with Gasteiger partial charge in [0.05, 0.1) is 6.42 Å². The Morgan fingerprint density at radius 1 is 1.20 bits per heavy atom. The van der Waals surface area contributed by atoms with E-state index in [9.17, 15) is 9.59 Å². The van der Waals surface area contributed by atoms with Crippen LogP contribution in [-0.4, -0.2) is 24.9 Å². The number of amides is 2. The molecule has 0 saturated heterocycles. The number of rotatable bonds is 7. The molecule has 1 unspecified atom stereocenters. The minimum atomic E-state index is -0.0299. The van der Waals surface area contributed by atoms with Crippen LogP contribution in [0.1, 0.15) is 31.7 Å². The van der Waals surface area contributed by atoms with Gasteiger partial charge in [0.25, 0.3) is 0 Å². The molecule has 0 fully saturated rings. The summed E-state index contributed by atoms with van der Waals surface area (Å²) in [5, 5.41) is 5.40. The van der Waals surface area contributed by atoms with Crippen molar-refractivity contribution in [1.82, 2.24) is 5.32 Å². The van der Waals surface area contributed by atoms with Gasteiger partial charge in [-0.15, -0.1) is 0 Å². The first-order valence-corrected chi connectivity index (χ1v) is 6.86. The van der Waals surface area contributed by atoms with Crippen molar-refractivity contribution in [2.75, 3.05) is 12.4 Å². The van der Waals surface area contributed by atoms with Crippen LogP contribution < -0.4 is 16.4 Å². The number of anilines is 1. The van der Waals surface area contributed by atoms with Crippen molar-refractivity contribution in [2.24, 2.45) is 5.73 Å². The Morgan fingerprint density at radius 3 is 2.40 bits per heavy atom. The van der Waals surface area contributed by atoms with Crippen LogP contribution in [0.15, 0.2) is 24.3 Å². The van der Waals surface area contributed by atoms with Crippen LogP contribution in [0, 0.1) is 0 Å². The lowest BCUT2D eigenvalue weighted by molar-refractivity contribution is -0.120. The highest BCUT2D eigenvalue weighted by atomic mass is 16.2. The highest BCUT2D eigenvalue weighted by Gasteiger charge is 2.04. The number of hydrogen-bond acceptors (Lipinski definition) is 3. The smallest absolute Gasteiger partial charge is 0.224 e. The van der Waals surface area contributed by atoms with Crippen molar-refractivity contribution in [3.63, 3.8) is 0 Å². The molecule has 1 rings (SSSR count). The summed E-state index contributed by atoms with van der Waals surface area (Å²) in [6.45, 7) is 1.93. The van der Waals surface area contributed by atoms with Gasteiger partial charge >= 0.3 is 0 Å². The molecule has 0 heterocycles. The number of carbonyl (C=O) groups excluding carboxylic acids is 2. The van der Waals surface area contributed by atoms with Crippen molar-refractivity contribution >= 4 is 17.5 Å². The van der Waals surface area contributed by atoms with E-state index in [0.29, 0.717) is 12.8 Å². The minimum Gasteiger partial charge on any atom is -0.359 e. The number of hydrogen-bond donors (Lipinski definition) is 3. The Hall–Kier alpha value is -1.88. The quantitative estimate of drug-likeness (QED) is 0.705. The Kier molecular flexibility index (Phi) is 6.73. The summed E-state index contributed by atoms with van der Waals surface area (Å²) in [6, 6.07) is 7.43. The number of likely N-dealkylation sites (N-methyl/N-ethyl adjacent to an activating group) is 1. The second-order valence-corrected chi connectivity index (χ2v) is 4.96. The standard InChI is InChI=1S/C15H23N3O2/c1-11(16)4-3-5-14(19)18-13-8-6-12(7-9-13)10-15(20)17-2/h6-9,11H,3-5,10,16H2,1-2H3,(H,17,20)(H,18,19). The third-order valence-corrected chi connectivity index (χ3v) is 2.94. The van der Waals surface area contributed by atoms with E-state index in [1.54, 1.807) is 7.05 Å². The zero-order chi connectivity index (χ0) is 15.0. The van der Waals surface area contributed by atoms with E-state index in [2.05, 4.69) is 10.6 Å². The van der Waals surface area contributed by atoms with Gasteiger partial charge in [0, 0.05) is 25.2 Å². The summed E-state index contributed by atoms with van der Waals surface area (Å²) in [5.41, 5.74) is 7.30. The maximum Gasteiger partial charge on any atom is 0.224 e. The van der Waals surface area contributed by atoms with Crippen LogP contribution in [0.3, 0.4) is 0 Å². The van der Waals surface area contributed by atoms with Crippen LogP contribution in [0.5, 0.6) is 0 Å². The molecule has 20 heavy (non-hydrogen) atoms. The zero-order valence-corrected chi connectivity index (χ0v) is 12.1. The monoisotopic (exact) mass is 277 g/mol. The molecular weight excluding hydrogens is 254 g/mol. The molecule has 0 bridgehead atoms. The van der Waals surface area contributed by atoms with E-state index in [4.69, 9.17) is 5.73 Å². The SMILES string of the molecule is CNC(=O)Cc1ccc(NC(=O)CCCC(C)N)cc1. The first kappa shape index (κ1) is 16.2. The second-order valence-electron chi connectivity index (χ2n) is 4.96. The predicted molar refractivity (Wildman–Crippen MR) is 80.3 cm³/mol. The number of nitrogens with one attached hydrogen (secondary N) is 2. The molecule has 0 saturated carbocycles. The Labute approximate surface area is 119 Å². The minimum absolute atomic E-state index is 0.00954. The summed E-state index contributed by atoms with van der Waals surface area (Å²) in [5.74, 6) is -0.0395. The zero-order valence-electron chi connectivity index (χ0n) is 12.1. The molecule has 1 atom stereocenters. The molecule has 0 aromatic heterocycles. The lowest BCUT2D eigenvalue weighted by Crippen LogP contribution is -2.20. The summed E-state index contributed by atoms with van der Waals surface area (Å²) in [7, 11) is 1.61. The average Bonchev–Trinajstić information content (AvgIpc) is 2.40. The molecule has 0 aliphatic heterocycles. The van der Waals surface area contributed by atoms with Gasteiger partial charge in [0.15, 0.2) is 0 Å². The van der Waals surface area contributed by atoms with E-state index in [1.807, 2.05) is 31.2 Å². The average molecular weight is 277 g/mol. The number of carbonyl (C=O) groups is 2. The maximum atomic E-state index is 11.7. The van der Waals surface area contributed by atoms with Crippen molar-refractivity contribution in [3.05, 3.63) is 29.8 Å². The maximum absolute atomic E-state index is 11.7. The molecule has 0 aliphatic carbocycles. The lowest BCUT2D eigenvalue weighted by atomic mass is 10.1. The molecule has 1 aromatic carbocycles. The van der Waals surface area contributed by atoms with Gasteiger partial charge in [-0.05, 0) is 37.5 Å². The fourth-order valence-corrected chi connectivity index (χ4v) is 1.79. The Morgan fingerprint density at radius 2 is 1.85 bits per heavy atom. The highest BCUT2D eigenvalue weighted by molar-refractivity contribution is 5.90. The lowest BCUT2D eigenvalue weighted by Gasteiger charge is -2.07. The predicted octanol–water partition coefficient (Wildman–Crippen LogP) is 1.43. The molecule has 5 nitrogen and oxygen atoms in total. The molecule has 2 amide bonds. The fraction of sp³-hybridized carbons (Fsp3) is 0.467. The van der Waals surface area contributed by atoms with Crippen LogP contribution in [0.25, 0.3) is 0 Å². The summed E-state index contributed by atoms with van der Waals surface area (Å²) in [4.78, 5) is 22.9. The highest BCUT2D eigenvalue weighted by Crippen LogP contribution is 2.11. The Balaban J connectivity index is 2.40. The molecule has 0 aliphatic rings. The molecule has 110 valence electrons. The van der Waals surface area contributed by atoms with E-state index in [-0.39, 0.29) is 17.9 Å². The molecular formula is C15H23N3O2. The van der Waals surface area contributed by atoms with E-state index >= 15 is 0 Å². The van der Waals surface area contributed by atoms with Gasteiger partial charge in [-0.25, -0.2) is 0 Å². The Bertz CT molecular complexity index is 441. The van der Waals surface area contributed by atoms with Crippen molar-refractivity contribution in [3.8, 4) is 0 Å². The van der Waals surface area contributed by atoms with Gasteiger partial charge in [-0.2, -0.15) is 0 Å². The van der Waals surface area contributed by atoms with Gasteiger partial charge < -0.3 is 16.4 Å². The van der Waals surface area contributed by atoms with Crippen LogP contribution in [0.4, 0.5) is 5.69 Å². The number of benzene rings is 1. The van der Waals surface area contributed by atoms with E-state index < -0.39 is 0 Å². The van der Waals surface area contributed by atoms with Crippen LogP contribution in [-0.2, 0) is 16.0 Å². The van der Waals surface area contributed by atoms with E-state index in [1.165, 1.54) is 0 Å². The second kappa shape index (κ2) is 8.32. The van der Waals surface area contributed by atoms with Crippen LogP contribution >= 0.6 is 0 Å². The van der Waals surface area contributed by atoms with Gasteiger partial charge in [-0.3, -0.25) is 9.59 Å². The number of nitrogens with two attached hydrogens (primary N) is 1.